The second-order valence-electron chi connectivity index (χ2n) is 5.31. The SMILES string of the molecule is FCCn1ncnc1CN1CC=C(c2cccc(Cl)c2)CC1. The highest BCUT2D eigenvalue weighted by molar-refractivity contribution is 6.30. The maximum absolute atomic E-state index is 12.5. The van der Waals surface area contributed by atoms with E-state index in [0.29, 0.717) is 6.54 Å². The molecule has 116 valence electrons. The fourth-order valence-electron chi connectivity index (χ4n) is 2.68. The molecule has 1 aliphatic rings. The molecule has 4 nitrogen and oxygen atoms in total. The summed E-state index contributed by atoms with van der Waals surface area (Å²) in [7, 11) is 0. The molecule has 0 saturated heterocycles. The van der Waals surface area contributed by atoms with E-state index in [1.807, 2.05) is 18.2 Å². The topological polar surface area (TPSA) is 34.0 Å². The van der Waals surface area contributed by atoms with Gasteiger partial charge in [0.15, 0.2) is 0 Å². The summed E-state index contributed by atoms with van der Waals surface area (Å²) in [6.07, 6.45) is 4.69. The van der Waals surface area contributed by atoms with Crippen molar-refractivity contribution in [3.63, 3.8) is 0 Å². The van der Waals surface area contributed by atoms with Crippen molar-refractivity contribution in [3.05, 3.63) is 53.1 Å². The van der Waals surface area contributed by atoms with Gasteiger partial charge in [-0.15, -0.1) is 0 Å². The standard InChI is InChI=1S/C16H18ClFN4/c17-15-3-1-2-14(10-15)13-4-7-21(8-5-13)11-16-19-12-20-22(16)9-6-18/h1-4,10,12H,5-9,11H2. The summed E-state index contributed by atoms with van der Waals surface area (Å²) in [6, 6.07) is 7.95. The van der Waals surface area contributed by atoms with Gasteiger partial charge in [-0.25, -0.2) is 14.1 Å². The minimum absolute atomic E-state index is 0.271. The van der Waals surface area contributed by atoms with Gasteiger partial charge in [-0.3, -0.25) is 4.90 Å². The highest BCUT2D eigenvalue weighted by Gasteiger charge is 2.15. The molecular weight excluding hydrogens is 303 g/mol. The zero-order valence-electron chi connectivity index (χ0n) is 12.3. The third-order valence-corrected chi connectivity index (χ3v) is 4.08. The third-order valence-electron chi connectivity index (χ3n) is 3.85. The number of nitrogens with zero attached hydrogens (tertiary/aromatic N) is 4. The van der Waals surface area contributed by atoms with Gasteiger partial charge in [0.2, 0.25) is 0 Å². The molecule has 0 fully saturated rings. The molecule has 0 saturated carbocycles. The molecule has 0 spiro atoms. The number of hydrogen-bond acceptors (Lipinski definition) is 3. The Morgan fingerprint density at radius 1 is 1.32 bits per heavy atom. The Kier molecular flexibility index (Phi) is 4.85. The first-order chi connectivity index (χ1) is 10.8. The number of aryl methyl sites for hydroxylation is 1. The fourth-order valence-corrected chi connectivity index (χ4v) is 2.87. The maximum Gasteiger partial charge on any atom is 0.141 e. The van der Waals surface area contributed by atoms with Crippen LogP contribution in [0.4, 0.5) is 4.39 Å². The van der Waals surface area contributed by atoms with Crippen LogP contribution in [0.2, 0.25) is 5.02 Å². The van der Waals surface area contributed by atoms with Crippen molar-refractivity contribution in [2.24, 2.45) is 0 Å². The van der Waals surface area contributed by atoms with Crippen LogP contribution in [0.3, 0.4) is 0 Å². The summed E-state index contributed by atoms with van der Waals surface area (Å²) < 4.78 is 14.1. The van der Waals surface area contributed by atoms with E-state index in [4.69, 9.17) is 11.6 Å². The van der Waals surface area contributed by atoms with E-state index in [2.05, 4.69) is 27.1 Å². The summed E-state index contributed by atoms with van der Waals surface area (Å²) in [5.41, 5.74) is 2.51. The lowest BCUT2D eigenvalue weighted by atomic mass is 9.99. The first kappa shape index (κ1) is 15.2. The smallest absolute Gasteiger partial charge is 0.141 e. The zero-order valence-corrected chi connectivity index (χ0v) is 13.0. The van der Waals surface area contributed by atoms with Gasteiger partial charge in [0.1, 0.15) is 18.8 Å². The van der Waals surface area contributed by atoms with Gasteiger partial charge in [0.05, 0.1) is 13.1 Å². The molecular formula is C16H18ClFN4. The summed E-state index contributed by atoms with van der Waals surface area (Å²) in [5, 5.41) is 4.82. The molecule has 0 radical (unpaired) electrons. The molecule has 1 aliphatic heterocycles. The van der Waals surface area contributed by atoms with Crippen LogP contribution in [0.15, 0.2) is 36.7 Å². The van der Waals surface area contributed by atoms with Crippen molar-refractivity contribution in [1.29, 1.82) is 0 Å². The number of halogens is 2. The average Bonchev–Trinajstić information content (AvgIpc) is 2.96. The van der Waals surface area contributed by atoms with Crippen molar-refractivity contribution >= 4 is 17.2 Å². The number of rotatable bonds is 5. The molecule has 0 unspecified atom stereocenters. The van der Waals surface area contributed by atoms with E-state index in [-0.39, 0.29) is 6.54 Å². The number of aromatic nitrogens is 3. The van der Waals surface area contributed by atoms with Crippen LogP contribution in [0, 0.1) is 0 Å². The largest absolute Gasteiger partial charge is 0.292 e. The van der Waals surface area contributed by atoms with Crippen molar-refractivity contribution in [3.8, 4) is 0 Å². The number of alkyl halides is 1. The van der Waals surface area contributed by atoms with Gasteiger partial charge in [-0.2, -0.15) is 5.10 Å². The van der Waals surface area contributed by atoms with E-state index >= 15 is 0 Å². The second kappa shape index (κ2) is 7.03. The normalized spacial score (nSPS) is 15.8. The first-order valence-corrected chi connectivity index (χ1v) is 7.74. The minimum atomic E-state index is -0.421. The molecule has 0 bridgehead atoms. The molecule has 0 aliphatic carbocycles. The molecule has 1 aromatic carbocycles. The Morgan fingerprint density at radius 3 is 2.95 bits per heavy atom. The summed E-state index contributed by atoms with van der Waals surface area (Å²) >= 11 is 6.05. The van der Waals surface area contributed by atoms with Gasteiger partial charge >= 0.3 is 0 Å². The van der Waals surface area contributed by atoms with E-state index in [1.54, 1.807) is 4.68 Å². The average molecular weight is 321 g/mol. The predicted octanol–water partition coefficient (Wildman–Crippen LogP) is 3.19. The maximum atomic E-state index is 12.5. The Bertz CT molecular complexity index is 668. The highest BCUT2D eigenvalue weighted by atomic mass is 35.5. The third kappa shape index (κ3) is 3.54. The van der Waals surface area contributed by atoms with Crippen LogP contribution in [-0.4, -0.2) is 39.4 Å². The molecule has 0 N–H and O–H groups in total. The van der Waals surface area contributed by atoms with E-state index in [0.717, 1.165) is 30.4 Å². The van der Waals surface area contributed by atoms with Gasteiger partial charge in [0, 0.05) is 18.1 Å². The predicted molar refractivity (Wildman–Crippen MR) is 85.3 cm³/mol. The molecule has 22 heavy (non-hydrogen) atoms. The fraction of sp³-hybridized carbons (Fsp3) is 0.375. The van der Waals surface area contributed by atoms with Gasteiger partial charge in [-0.05, 0) is 29.7 Å². The number of benzene rings is 1. The minimum Gasteiger partial charge on any atom is -0.292 e. The van der Waals surface area contributed by atoms with Crippen molar-refractivity contribution in [2.75, 3.05) is 19.8 Å². The van der Waals surface area contributed by atoms with Gasteiger partial charge < -0.3 is 0 Å². The van der Waals surface area contributed by atoms with Crippen molar-refractivity contribution in [1.82, 2.24) is 19.7 Å². The van der Waals surface area contributed by atoms with Crippen LogP contribution in [0.25, 0.3) is 5.57 Å². The lowest BCUT2D eigenvalue weighted by Crippen LogP contribution is -2.29. The Labute approximate surface area is 134 Å². The van der Waals surface area contributed by atoms with Crippen LogP contribution in [0.1, 0.15) is 17.8 Å². The van der Waals surface area contributed by atoms with Crippen molar-refractivity contribution in [2.45, 2.75) is 19.5 Å². The van der Waals surface area contributed by atoms with Crippen molar-refractivity contribution < 1.29 is 4.39 Å². The van der Waals surface area contributed by atoms with E-state index in [1.165, 1.54) is 17.5 Å². The second-order valence-corrected chi connectivity index (χ2v) is 5.75. The zero-order chi connectivity index (χ0) is 15.4. The summed E-state index contributed by atoms with van der Waals surface area (Å²) in [5.74, 6) is 0.817. The molecule has 2 heterocycles. The number of hydrogen-bond donors (Lipinski definition) is 0. The van der Waals surface area contributed by atoms with E-state index < -0.39 is 6.67 Å². The molecule has 0 amide bonds. The molecule has 3 rings (SSSR count). The summed E-state index contributed by atoms with van der Waals surface area (Å²) in [4.78, 5) is 6.51. The Balaban J connectivity index is 1.64. The highest BCUT2D eigenvalue weighted by Crippen LogP contribution is 2.25. The van der Waals surface area contributed by atoms with Crippen LogP contribution in [-0.2, 0) is 13.1 Å². The molecule has 6 heteroatoms. The first-order valence-electron chi connectivity index (χ1n) is 7.36. The Morgan fingerprint density at radius 2 is 2.23 bits per heavy atom. The van der Waals surface area contributed by atoms with Crippen LogP contribution >= 0.6 is 11.6 Å². The van der Waals surface area contributed by atoms with Crippen LogP contribution in [0.5, 0.6) is 0 Å². The summed E-state index contributed by atoms with van der Waals surface area (Å²) in [6.45, 7) is 2.34. The quantitative estimate of drug-likeness (QED) is 0.848. The molecule has 0 atom stereocenters. The lowest BCUT2D eigenvalue weighted by molar-refractivity contribution is 0.277. The van der Waals surface area contributed by atoms with Crippen LogP contribution < -0.4 is 0 Å². The van der Waals surface area contributed by atoms with E-state index in [9.17, 15) is 4.39 Å². The molecule has 2 aromatic rings. The molecule has 1 aromatic heterocycles. The lowest BCUT2D eigenvalue weighted by Gasteiger charge is -2.26. The van der Waals surface area contributed by atoms with Gasteiger partial charge in [-0.1, -0.05) is 29.8 Å². The monoisotopic (exact) mass is 320 g/mol. The Hall–Kier alpha value is -1.72. The van der Waals surface area contributed by atoms with Gasteiger partial charge in [0.25, 0.3) is 0 Å².